The van der Waals surface area contributed by atoms with Gasteiger partial charge < -0.3 is 33.7 Å². The predicted octanol–water partition coefficient (Wildman–Crippen LogP) is 7.73. The first-order chi connectivity index (χ1) is 22.0. The molecular formula is C36H49ClN4O4. The van der Waals surface area contributed by atoms with Gasteiger partial charge in [-0.2, -0.15) is 0 Å². The third-order valence-corrected chi connectivity index (χ3v) is 8.33. The second kappa shape index (κ2) is 17.9. The first-order valence-electron chi connectivity index (χ1n) is 16.3. The Morgan fingerprint density at radius 3 is 1.98 bits per heavy atom. The minimum Gasteiger partial charge on any atom is -0.496 e. The average molecular weight is 637 g/mol. The SMILES string of the molecule is CCN(CC)CCCOc1cc(OCCCN(CC)CC)c2nc(-c3ccc(OCCc4ccc(Cl)cc4)cc3OC)[nH]c2c1. The summed E-state index contributed by atoms with van der Waals surface area (Å²) in [5.74, 6) is 3.59. The zero-order valence-corrected chi connectivity index (χ0v) is 28.3. The third kappa shape index (κ3) is 10.0. The fourth-order valence-electron chi connectivity index (χ4n) is 5.30. The number of ether oxygens (including phenoxy) is 4. The summed E-state index contributed by atoms with van der Waals surface area (Å²) in [6, 6.07) is 17.6. The van der Waals surface area contributed by atoms with Crippen LogP contribution in [0.25, 0.3) is 22.4 Å². The number of fused-ring (bicyclic) bond motifs is 1. The Balaban J connectivity index is 1.51. The molecule has 0 aliphatic rings. The Labute approximate surface area is 273 Å². The quantitative estimate of drug-likeness (QED) is 0.0995. The van der Waals surface area contributed by atoms with E-state index in [0.717, 1.165) is 97.4 Å². The first-order valence-corrected chi connectivity index (χ1v) is 16.6. The highest BCUT2D eigenvalue weighted by Crippen LogP contribution is 2.36. The minimum absolute atomic E-state index is 0.543. The Morgan fingerprint density at radius 2 is 1.33 bits per heavy atom. The third-order valence-electron chi connectivity index (χ3n) is 8.08. The molecule has 0 saturated heterocycles. The summed E-state index contributed by atoms with van der Waals surface area (Å²) in [5, 5.41) is 0.731. The fourth-order valence-corrected chi connectivity index (χ4v) is 5.43. The summed E-state index contributed by atoms with van der Waals surface area (Å²) in [7, 11) is 1.66. The van der Waals surface area contributed by atoms with Crippen LogP contribution in [0.5, 0.6) is 23.0 Å². The predicted molar refractivity (Wildman–Crippen MR) is 185 cm³/mol. The van der Waals surface area contributed by atoms with Gasteiger partial charge in [-0.1, -0.05) is 51.4 Å². The van der Waals surface area contributed by atoms with E-state index in [4.69, 9.17) is 35.5 Å². The van der Waals surface area contributed by atoms with Gasteiger partial charge in [0.25, 0.3) is 0 Å². The number of imidazole rings is 1. The van der Waals surface area contributed by atoms with Gasteiger partial charge in [0, 0.05) is 42.7 Å². The summed E-state index contributed by atoms with van der Waals surface area (Å²) in [5.41, 5.74) is 3.64. The summed E-state index contributed by atoms with van der Waals surface area (Å²) >= 11 is 6.01. The molecular weight excluding hydrogens is 588 g/mol. The average Bonchev–Trinajstić information content (AvgIpc) is 3.50. The molecule has 0 saturated carbocycles. The number of aromatic nitrogens is 2. The number of H-pyrrole nitrogens is 1. The molecule has 244 valence electrons. The van der Waals surface area contributed by atoms with Gasteiger partial charge in [-0.15, -0.1) is 0 Å². The maximum Gasteiger partial charge on any atom is 0.150 e. The smallest absolute Gasteiger partial charge is 0.150 e. The van der Waals surface area contributed by atoms with Gasteiger partial charge in [0.15, 0.2) is 5.75 Å². The highest BCUT2D eigenvalue weighted by atomic mass is 35.5. The second-order valence-corrected chi connectivity index (χ2v) is 11.4. The molecule has 0 amide bonds. The molecule has 1 aromatic heterocycles. The number of aromatic amines is 1. The van der Waals surface area contributed by atoms with Crippen LogP contribution in [-0.4, -0.2) is 86.0 Å². The Bertz CT molecular complexity index is 1450. The lowest BCUT2D eigenvalue weighted by Gasteiger charge is -2.18. The van der Waals surface area contributed by atoms with E-state index in [2.05, 4.69) is 42.5 Å². The van der Waals surface area contributed by atoms with E-state index in [9.17, 15) is 0 Å². The van der Waals surface area contributed by atoms with E-state index >= 15 is 0 Å². The van der Waals surface area contributed by atoms with Crippen molar-refractivity contribution in [2.24, 2.45) is 0 Å². The van der Waals surface area contributed by atoms with Crippen LogP contribution in [0.4, 0.5) is 0 Å². The summed E-state index contributed by atoms with van der Waals surface area (Å²) in [6.45, 7) is 16.7. The summed E-state index contributed by atoms with van der Waals surface area (Å²) in [6.07, 6.45) is 2.67. The van der Waals surface area contributed by atoms with Crippen molar-refractivity contribution in [1.82, 2.24) is 19.8 Å². The molecule has 4 aromatic rings. The number of halogens is 1. The topological polar surface area (TPSA) is 72.1 Å². The van der Waals surface area contributed by atoms with E-state index in [0.29, 0.717) is 31.4 Å². The molecule has 8 nitrogen and oxygen atoms in total. The van der Waals surface area contributed by atoms with Crippen molar-refractivity contribution >= 4 is 22.6 Å². The van der Waals surface area contributed by atoms with Crippen molar-refractivity contribution in [3.63, 3.8) is 0 Å². The van der Waals surface area contributed by atoms with Crippen LogP contribution in [0.3, 0.4) is 0 Å². The molecule has 0 unspecified atom stereocenters. The number of hydrogen-bond donors (Lipinski definition) is 1. The van der Waals surface area contributed by atoms with Crippen LogP contribution in [-0.2, 0) is 6.42 Å². The van der Waals surface area contributed by atoms with Crippen molar-refractivity contribution in [1.29, 1.82) is 0 Å². The number of methoxy groups -OCH3 is 1. The van der Waals surface area contributed by atoms with Gasteiger partial charge in [0.1, 0.15) is 28.6 Å². The number of rotatable bonds is 20. The molecule has 1 N–H and O–H groups in total. The summed E-state index contributed by atoms with van der Waals surface area (Å²) in [4.78, 5) is 13.3. The largest absolute Gasteiger partial charge is 0.496 e. The van der Waals surface area contributed by atoms with Crippen LogP contribution < -0.4 is 18.9 Å². The maximum atomic E-state index is 6.33. The van der Waals surface area contributed by atoms with Gasteiger partial charge in [0.2, 0.25) is 0 Å². The van der Waals surface area contributed by atoms with E-state index in [-0.39, 0.29) is 0 Å². The van der Waals surface area contributed by atoms with Crippen molar-refractivity contribution in [2.45, 2.75) is 47.0 Å². The van der Waals surface area contributed by atoms with Crippen LogP contribution in [0, 0.1) is 0 Å². The van der Waals surface area contributed by atoms with Crippen LogP contribution in [0.15, 0.2) is 54.6 Å². The van der Waals surface area contributed by atoms with E-state index in [1.165, 1.54) is 5.56 Å². The first kappa shape index (κ1) is 34.4. The number of nitrogens with zero attached hydrogens (tertiary/aromatic N) is 3. The molecule has 0 bridgehead atoms. The molecule has 0 atom stereocenters. The van der Waals surface area contributed by atoms with Gasteiger partial charge in [-0.3, -0.25) is 0 Å². The van der Waals surface area contributed by atoms with E-state index in [1.54, 1.807) is 7.11 Å². The van der Waals surface area contributed by atoms with Crippen molar-refractivity contribution < 1.29 is 18.9 Å². The maximum absolute atomic E-state index is 6.33. The second-order valence-electron chi connectivity index (χ2n) is 10.9. The van der Waals surface area contributed by atoms with Crippen LogP contribution in [0.2, 0.25) is 5.02 Å². The molecule has 3 aromatic carbocycles. The number of benzene rings is 3. The van der Waals surface area contributed by atoms with E-state index in [1.807, 2.05) is 54.6 Å². The van der Waals surface area contributed by atoms with Gasteiger partial charge >= 0.3 is 0 Å². The van der Waals surface area contributed by atoms with Crippen molar-refractivity contribution in [2.75, 3.05) is 66.2 Å². The van der Waals surface area contributed by atoms with Crippen molar-refractivity contribution in [3.8, 4) is 34.4 Å². The van der Waals surface area contributed by atoms with Crippen molar-refractivity contribution in [3.05, 3.63) is 65.2 Å². The van der Waals surface area contributed by atoms with Gasteiger partial charge in [-0.25, -0.2) is 4.98 Å². The molecule has 0 radical (unpaired) electrons. The van der Waals surface area contributed by atoms with Gasteiger partial charge in [0.05, 0.1) is 38.0 Å². The minimum atomic E-state index is 0.543. The Hall–Kier alpha value is -3.46. The normalized spacial score (nSPS) is 11.5. The Morgan fingerprint density at radius 1 is 0.711 bits per heavy atom. The standard InChI is InChI=1S/C36H49ClN4O4/c1-6-40(7-2)19-10-21-43-30-24-32-35(34(26-30)45-22-11-20-41(8-3)9-4)39-36(38-32)31-17-16-29(25-33(31)42-5)44-23-18-27-12-14-28(37)15-13-27/h12-17,24-26H,6-11,18-23H2,1-5H3,(H,38,39). The lowest BCUT2D eigenvalue weighted by Crippen LogP contribution is -2.25. The zero-order chi connectivity index (χ0) is 32.0. The van der Waals surface area contributed by atoms with E-state index < -0.39 is 0 Å². The molecule has 0 aliphatic carbocycles. The zero-order valence-electron chi connectivity index (χ0n) is 27.5. The highest BCUT2D eigenvalue weighted by Gasteiger charge is 2.17. The lowest BCUT2D eigenvalue weighted by atomic mass is 10.1. The van der Waals surface area contributed by atoms with Crippen LogP contribution in [0.1, 0.15) is 46.1 Å². The molecule has 1 heterocycles. The Kier molecular flexibility index (Phi) is 13.7. The molecule has 45 heavy (non-hydrogen) atoms. The lowest BCUT2D eigenvalue weighted by molar-refractivity contribution is 0.243. The highest BCUT2D eigenvalue weighted by molar-refractivity contribution is 6.30. The molecule has 9 heteroatoms. The number of hydrogen-bond acceptors (Lipinski definition) is 7. The fraction of sp³-hybridized carbons (Fsp3) is 0.472. The molecule has 0 aliphatic heterocycles. The number of nitrogens with one attached hydrogen (secondary N) is 1. The van der Waals surface area contributed by atoms with Crippen LogP contribution >= 0.6 is 11.6 Å². The monoisotopic (exact) mass is 636 g/mol. The molecule has 4 rings (SSSR count). The summed E-state index contributed by atoms with van der Waals surface area (Å²) < 4.78 is 24.4. The molecule has 0 spiro atoms. The van der Waals surface area contributed by atoms with Gasteiger partial charge in [-0.05, 0) is 68.8 Å². The molecule has 0 fully saturated rings.